The standard InChI is InChI=1S/C16H11N5O4S2/c1-9-7-26-15-17-11(6-13(22)20(9)15)8-27-16-19-18-14(25-16)10-2-4-12(5-3-10)21(23)24/h2-7H,8H2,1H3. The van der Waals surface area contributed by atoms with E-state index in [0.717, 1.165) is 5.69 Å². The fourth-order valence-corrected chi connectivity index (χ4v) is 3.97. The first-order valence-corrected chi connectivity index (χ1v) is 9.56. The van der Waals surface area contributed by atoms with Crippen LogP contribution in [0.25, 0.3) is 16.4 Å². The van der Waals surface area contributed by atoms with Crippen molar-refractivity contribution in [2.24, 2.45) is 0 Å². The van der Waals surface area contributed by atoms with Crippen molar-refractivity contribution in [3.8, 4) is 11.5 Å². The molecule has 0 aliphatic rings. The molecule has 0 atom stereocenters. The van der Waals surface area contributed by atoms with Crippen LogP contribution < -0.4 is 5.56 Å². The Hall–Kier alpha value is -3.05. The Morgan fingerprint density at radius 1 is 1.30 bits per heavy atom. The van der Waals surface area contributed by atoms with Gasteiger partial charge < -0.3 is 4.42 Å². The highest BCUT2D eigenvalue weighted by atomic mass is 32.2. The van der Waals surface area contributed by atoms with Crippen LogP contribution in [0.4, 0.5) is 5.69 Å². The van der Waals surface area contributed by atoms with Gasteiger partial charge in [-0.05, 0) is 19.1 Å². The van der Waals surface area contributed by atoms with E-state index in [9.17, 15) is 14.9 Å². The molecule has 4 aromatic rings. The Labute approximate surface area is 159 Å². The predicted octanol–water partition coefficient (Wildman–Crippen LogP) is 3.31. The topological polar surface area (TPSA) is 116 Å². The second-order valence-corrected chi connectivity index (χ2v) is 7.31. The van der Waals surface area contributed by atoms with Gasteiger partial charge in [0.25, 0.3) is 16.5 Å². The predicted molar refractivity (Wildman–Crippen MR) is 100 cm³/mol. The van der Waals surface area contributed by atoms with Crippen LogP contribution in [0.1, 0.15) is 11.4 Å². The van der Waals surface area contributed by atoms with Crippen LogP contribution in [-0.2, 0) is 5.75 Å². The summed E-state index contributed by atoms with van der Waals surface area (Å²) in [5.74, 6) is 0.676. The number of thiazole rings is 1. The van der Waals surface area contributed by atoms with Crippen LogP contribution >= 0.6 is 23.1 Å². The highest BCUT2D eigenvalue weighted by Crippen LogP contribution is 2.26. The van der Waals surface area contributed by atoms with Gasteiger partial charge in [0.05, 0.1) is 10.6 Å². The number of hydrogen-bond acceptors (Lipinski definition) is 9. The molecule has 11 heteroatoms. The van der Waals surface area contributed by atoms with Crippen LogP contribution in [0.5, 0.6) is 0 Å². The molecule has 1 aromatic carbocycles. The summed E-state index contributed by atoms with van der Waals surface area (Å²) in [5, 5.41) is 20.8. The van der Waals surface area contributed by atoms with Crippen LogP contribution in [-0.4, -0.2) is 24.5 Å². The molecule has 3 aromatic heterocycles. The first-order chi connectivity index (χ1) is 13.0. The molecule has 4 rings (SSSR count). The van der Waals surface area contributed by atoms with Gasteiger partial charge >= 0.3 is 0 Å². The Morgan fingerprint density at radius 2 is 2.07 bits per heavy atom. The molecule has 0 fully saturated rings. The highest BCUT2D eigenvalue weighted by Gasteiger charge is 2.13. The van der Waals surface area contributed by atoms with Gasteiger partial charge in [-0.3, -0.25) is 19.3 Å². The average Bonchev–Trinajstić information content (AvgIpc) is 3.27. The number of aromatic nitrogens is 4. The van der Waals surface area contributed by atoms with Crippen molar-refractivity contribution in [2.75, 3.05) is 0 Å². The monoisotopic (exact) mass is 401 g/mol. The normalized spacial score (nSPS) is 11.1. The molecule has 0 radical (unpaired) electrons. The molecule has 9 nitrogen and oxygen atoms in total. The van der Waals surface area contributed by atoms with E-state index in [1.807, 2.05) is 12.3 Å². The molecular weight excluding hydrogens is 390 g/mol. The zero-order valence-electron chi connectivity index (χ0n) is 13.9. The smallest absolute Gasteiger partial charge is 0.277 e. The summed E-state index contributed by atoms with van der Waals surface area (Å²) in [4.78, 5) is 27.5. The summed E-state index contributed by atoms with van der Waals surface area (Å²) in [6, 6.07) is 7.35. The maximum atomic E-state index is 12.2. The first kappa shape index (κ1) is 17.4. The van der Waals surface area contributed by atoms with Crippen LogP contribution in [0, 0.1) is 17.0 Å². The maximum Gasteiger partial charge on any atom is 0.277 e. The number of aryl methyl sites for hydroxylation is 1. The third-order valence-electron chi connectivity index (χ3n) is 3.70. The van der Waals surface area contributed by atoms with Crippen molar-refractivity contribution in [3.63, 3.8) is 0 Å². The summed E-state index contributed by atoms with van der Waals surface area (Å²) in [5.41, 5.74) is 1.95. The summed E-state index contributed by atoms with van der Waals surface area (Å²) in [7, 11) is 0. The molecule has 0 aliphatic heterocycles. The van der Waals surface area contributed by atoms with E-state index in [1.165, 1.54) is 41.3 Å². The van der Waals surface area contributed by atoms with E-state index >= 15 is 0 Å². The summed E-state index contributed by atoms with van der Waals surface area (Å²) < 4.78 is 7.14. The van der Waals surface area contributed by atoms with Crippen molar-refractivity contribution in [3.05, 3.63) is 67.6 Å². The van der Waals surface area contributed by atoms with Crippen LogP contribution in [0.3, 0.4) is 0 Å². The lowest BCUT2D eigenvalue weighted by atomic mass is 10.2. The number of thioether (sulfide) groups is 1. The number of nitro groups is 1. The van der Waals surface area contributed by atoms with Crippen molar-refractivity contribution in [2.45, 2.75) is 17.9 Å². The third-order valence-corrected chi connectivity index (χ3v) is 5.50. The van der Waals surface area contributed by atoms with Gasteiger partial charge in [-0.2, -0.15) is 0 Å². The third kappa shape index (κ3) is 3.46. The van der Waals surface area contributed by atoms with E-state index in [1.54, 1.807) is 16.5 Å². The van der Waals surface area contributed by atoms with E-state index in [-0.39, 0.29) is 17.1 Å². The zero-order chi connectivity index (χ0) is 19.0. The molecule has 0 saturated heterocycles. The number of nitrogens with zero attached hydrogens (tertiary/aromatic N) is 5. The van der Waals surface area contributed by atoms with Crippen LogP contribution in [0.2, 0.25) is 0 Å². The van der Waals surface area contributed by atoms with Gasteiger partial charge in [0.15, 0.2) is 4.96 Å². The minimum atomic E-state index is -0.472. The zero-order valence-corrected chi connectivity index (χ0v) is 15.5. The first-order valence-electron chi connectivity index (χ1n) is 7.69. The van der Waals surface area contributed by atoms with Crippen molar-refractivity contribution in [1.29, 1.82) is 0 Å². The molecule has 3 heterocycles. The molecule has 0 bridgehead atoms. The molecular formula is C16H11N5O4S2. The Morgan fingerprint density at radius 3 is 2.81 bits per heavy atom. The minimum absolute atomic E-state index is 0.00979. The van der Waals surface area contributed by atoms with Gasteiger partial charge in [0.2, 0.25) is 5.89 Å². The van der Waals surface area contributed by atoms with Crippen molar-refractivity contribution < 1.29 is 9.34 Å². The molecule has 0 amide bonds. The largest absolute Gasteiger partial charge is 0.411 e. The van der Waals surface area contributed by atoms with E-state index < -0.39 is 4.92 Å². The van der Waals surface area contributed by atoms with E-state index in [4.69, 9.17) is 4.42 Å². The Balaban J connectivity index is 1.50. The van der Waals surface area contributed by atoms with Crippen molar-refractivity contribution >= 4 is 33.7 Å². The minimum Gasteiger partial charge on any atom is -0.411 e. The fraction of sp³-hybridized carbons (Fsp3) is 0.125. The van der Waals surface area contributed by atoms with Gasteiger partial charge in [-0.1, -0.05) is 11.8 Å². The maximum absolute atomic E-state index is 12.2. The lowest BCUT2D eigenvalue weighted by molar-refractivity contribution is -0.384. The molecule has 0 saturated carbocycles. The van der Waals surface area contributed by atoms with Gasteiger partial charge in [-0.25, -0.2) is 4.98 Å². The van der Waals surface area contributed by atoms with Crippen LogP contribution in [0.15, 0.2) is 50.1 Å². The quantitative estimate of drug-likeness (QED) is 0.284. The fourth-order valence-electron chi connectivity index (χ4n) is 2.42. The molecule has 0 spiro atoms. The number of rotatable bonds is 5. The second kappa shape index (κ2) is 6.93. The van der Waals surface area contributed by atoms with Gasteiger partial charge in [-0.15, -0.1) is 21.5 Å². The Kier molecular flexibility index (Phi) is 4.46. The Bertz CT molecular complexity index is 1200. The molecule has 136 valence electrons. The summed E-state index contributed by atoms with van der Waals surface area (Å²) in [6.45, 7) is 1.86. The molecule has 27 heavy (non-hydrogen) atoms. The van der Waals surface area contributed by atoms with Gasteiger partial charge in [0.1, 0.15) is 0 Å². The van der Waals surface area contributed by atoms with Crippen molar-refractivity contribution in [1.82, 2.24) is 19.6 Å². The molecule has 0 aliphatic carbocycles. The SMILES string of the molecule is Cc1csc2nc(CSc3nnc(-c4ccc([N+](=O)[O-])cc4)o3)cc(=O)n12. The molecule has 0 N–H and O–H groups in total. The number of non-ortho nitro benzene ring substituents is 1. The van der Waals surface area contributed by atoms with Gasteiger partial charge in [0, 0.05) is 40.6 Å². The van der Waals surface area contributed by atoms with E-state index in [0.29, 0.717) is 27.2 Å². The summed E-state index contributed by atoms with van der Waals surface area (Å²) >= 11 is 2.68. The number of fused-ring (bicyclic) bond motifs is 1. The molecule has 0 unspecified atom stereocenters. The lowest BCUT2D eigenvalue weighted by Gasteiger charge is -1.99. The summed E-state index contributed by atoms with van der Waals surface area (Å²) in [6.07, 6.45) is 0. The van der Waals surface area contributed by atoms with E-state index in [2.05, 4.69) is 15.2 Å². The number of benzene rings is 1. The lowest BCUT2D eigenvalue weighted by Crippen LogP contribution is -2.14. The average molecular weight is 401 g/mol. The second-order valence-electron chi connectivity index (χ2n) is 5.55. The highest BCUT2D eigenvalue weighted by molar-refractivity contribution is 7.98. The number of hydrogen-bond donors (Lipinski definition) is 0. The number of nitro benzene ring substituents is 1.